The van der Waals surface area contributed by atoms with Crippen molar-refractivity contribution in [2.24, 2.45) is 5.73 Å². The van der Waals surface area contributed by atoms with Gasteiger partial charge in [0.2, 0.25) is 6.71 Å². The predicted molar refractivity (Wildman–Crippen MR) is 91.9 cm³/mol. The Hall–Kier alpha value is -2.06. The molecule has 0 bridgehead atoms. The summed E-state index contributed by atoms with van der Waals surface area (Å²) in [4.78, 5) is 0. The van der Waals surface area contributed by atoms with Gasteiger partial charge < -0.3 is 5.73 Å². The van der Waals surface area contributed by atoms with Crippen LogP contribution in [0.3, 0.4) is 0 Å². The molecule has 2 rings (SSSR count). The van der Waals surface area contributed by atoms with Crippen molar-refractivity contribution < 1.29 is 0 Å². The zero-order valence-corrected chi connectivity index (χ0v) is 11.8. The van der Waals surface area contributed by atoms with Crippen LogP contribution in [-0.4, -0.2) is 13.3 Å². The summed E-state index contributed by atoms with van der Waals surface area (Å²) in [5, 5.41) is 0. The smallest absolute Gasteiger partial charge is 0.210 e. The van der Waals surface area contributed by atoms with E-state index >= 15 is 0 Å². The molecule has 2 heteroatoms. The van der Waals surface area contributed by atoms with E-state index in [0.29, 0.717) is 13.3 Å². The number of nitrogens with two attached hydrogens (primary N) is 1. The molecule has 0 heterocycles. The van der Waals surface area contributed by atoms with Crippen molar-refractivity contribution in [2.45, 2.75) is 6.32 Å². The molecule has 0 aliphatic rings. The molecule has 2 N–H and O–H groups in total. The highest BCUT2D eigenvalue weighted by Crippen LogP contribution is 2.04. The van der Waals surface area contributed by atoms with Gasteiger partial charge in [0, 0.05) is 0 Å². The van der Waals surface area contributed by atoms with Crippen molar-refractivity contribution in [3.63, 3.8) is 0 Å². The standard InChI is InChI=1S/C18H20BN/c1-3-15-5-9-17(10-6-15)19(13-14-20)18-11-7-16(4-2)8-12-18/h3-12H,1-2,13-14,20H2. The molecule has 2 aromatic carbocycles. The molecule has 0 aliphatic heterocycles. The molecule has 0 saturated carbocycles. The Kier molecular flexibility index (Phi) is 4.97. The fourth-order valence-electron chi connectivity index (χ4n) is 2.42. The molecule has 20 heavy (non-hydrogen) atoms. The van der Waals surface area contributed by atoms with Crippen LogP contribution < -0.4 is 16.7 Å². The van der Waals surface area contributed by atoms with E-state index in [1.807, 2.05) is 12.2 Å². The summed E-state index contributed by atoms with van der Waals surface area (Å²) in [7, 11) is 0. The van der Waals surface area contributed by atoms with Crippen LogP contribution in [0.2, 0.25) is 6.32 Å². The third kappa shape index (κ3) is 3.28. The molecule has 0 spiro atoms. The molecule has 100 valence electrons. The maximum absolute atomic E-state index is 5.78. The maximum atomic E-state index is 5.78. The fraction of sp³-hybridized carbons (Fsp3) is 0.111. The zero-order valence-electron chi connectivity index (χ0n) is 11.8. The number of hydrogen-bond donors (Lipinski definition) is 1. The Balaban J connectivity index is 2.32. The highest BCUT2D eigenvalue weighted by molar-refractivity contribution is 6.85. The van der Waals surface area contributed by atoms with Crippen molar-refractivity contribution >= 4 is 29.8 Å². The molecule has 2 aromatic rings. The fourth-order valence-corrected chi connectivity index (χ4v) is 2.42. The second-order valence-corrected chi connectivity index (χ2v) is 4.87. The van der Waals surface area contributed by atoms with Gasteiger partial charge in [-0.05, 0) is 17.7 Å². The molecular weight excluding hydrogens is 241 g/mol. The lowest BCUT2D eigenvalue weighted by Gasteiger charge is -2.14. The van der Waals surface area contributed by atoms with Crippen molar-refractivity contribution in [2.75, 3.05) is 6.54 Å². The minimum atomic E-state index is 0.345. The lowest BCUT2D eigenvalue weighted by Crippen LogP contribution is -2.43. The second-order valence-electron chi connectivity index (χ2n) is 4.87. The molecule has 0 radical (unpaired) electrons. The van der Waals surface area contributed by atoms with Gasteiger partial charge in [0.1, 0.15) is 0 Å². The first kappa shape index (κ1) is 14.4. The third-order valence-corrected chi connectivity index (χ3v) is 3.60. The number of benzene rings is 2. The van der Waals surface area contributed by atoms with Gasteiger partial charge in [-0.3, -0.25) is 0 Å². The summed E-state index contributed by atoms with van der Waals surface area (Å²) in [5.74, 6) is 0. The van der Waals surface area contributed by atoms with E-state index in [4.69, 9.17) is 5.73 Å². The second kappa shape index (κ2) is 6.92. The highest BCUT2D eigenvalue weighted by Gasteiger charge is 2.17. The molecule has 0 saturated heterocycles. The highest BCUT2D eigenvalue weighted by atomic mass is 14.5. The molecule has 0 unspecified atom stereocenters. The number of rotatable bonds is 6. The van der Waals surface area contributed by atoms with Crippen LogP contribution in [0.25, 0.3) is 12.2 Å². The third-order valence-electron chi connectivity index (χ3n) is 3.60. The first-order chi connectivity index (χ1) is 9.78. The summed E-state index contributed by atoms with van der Waals surface area (Å²) in [6, 6.07) is 17.1. The van der Waals surface area contributed by atoms with Crippen molar-refractivity contribution in [3.05, 3.63) is 72.8 Å². The Morgan fingerprint density at radius 1 is 0.800 bits per heavy atom. The van der Waals surface area contributed by atoms with Crippen molar-refractivity contribution in [3.8, 4) is 0 Å². The summed E-state index contributed by atoms with van der Waals surface area (Å²) < 4.78 is 0. The largest absolute Gasteiger partial charge is 0.331 e. The summed E-state index contributed by atoms with van der Waals surface area (Å²) in [5.41, 5.74) is 10.7. The van der Waals surface area contributed by atoms with Gasteiger partial charge in [-0.1, -0.05) is 91.1 Å². The zero-order chi connectivity index (χ0) is 14.4. The average molecular weight is 261 g/mol. The normalized spacial score (nSPS) is 10.1. The quantitative estimate of drug-likeness (QED) is 0.794. The van der Waals surface area contributed by atoms with Gasteiger partial charge in [0.25, 0.3) is 0 Å². The topological polar surface area (TPSA) is 26.0 Å². The molecule has 0 aromatic heterocycles. The van der Waals surface area contributed by atoms with E-state index < -0.39 is 0 Å². The summed E-state index contributed by atoms with van der Waals surface area (Å²) in [6.45, 7) is 8.60. The summed E-state index contributed by atoms with van der Waals surface area (Å²) in [6.07, 6.45) is 4.67. The van der Waals surface area contributed by atoms with Gasteiger partial charge in [0.15, 0.2) is 0 Å². The Bertz CT molecular complexity index is 518. The predicted octanol–water partition coefficient (Wildman–Crippen LogP) is 2.54. The van der Waals surface area contributed by atoms with Crippen LogP contribution in [0.4, 0.5) is 0 Å². The molecule has 0 fully saturated rings. The van der Waals surface area contributed by atoms with Crippen LogP contribution in [0.15, 0.2) is 61.7 Å². The van der Waals surface area contributed by atoms with E-state index in [2.05, 4.69) is 61.7 Å². The van der Waals surface area contributed by atoms with Crippen LogP contribution in [0.1, 0.15) is 11.1 Å². The van der Waals surface area contributed by atoms with Gasteiger partial charge in [0.05, 0.1) is 0 Å². The van der Waals surface area contributed by atoms with Crippen LogP contribution in [0, 0.1) is 0 Å². The lowest BCUT2D eigenvalue weighted by molar-refractivity contribution is 1.12. The van der Waals surface area contributed by atoms with Crippen LogP contribution >= 0.6 is 0 Å². The molecular formula is C18H20BN. The summed E-state index contributed by atoms with van der Waals surface area (Å²) >= 11 is 0. The Labute approximate surface area is 121 Å². The van der Waals surface area contributed by atoms with Gasteiger partial charge in [-0.2, -0.15) is 0 Å². The van der Waals surface area contributed by atoms with E-state index in [-0.39, 0.29) is 0 Å². The van der Waals surface area contributed by atoms with Crippen molar-refractivity contribution in [1.82, 2.24) is 0 Å². The average Bonchev–Trinajstić information content (AvgIpc) is 2.53. The minimum Gasteiger partial charge on any atom is -0.331 e. The van der Waals surface area contributed by atoms with Crippen LogP contribution in [0.5, 0.6) is 0 Å². The first-order valence-corrected chi connectivity index (χ1v) is 6.93. The lowest BCUT2D eigenvalue weighted by atomic mass is 9.38. The number of hydrogen-bond acceptors (Lipinski definition) is 1. The Morgan fingerprint density at radius 3 is 1.50 bits per heavy atom. The van der Waals surface area contributed by atoms with Gasteiger partial charge in [-0.15, -0.1) is 0 Å². The molecule has 1 nitrogen and oxygen atoms in total. The van der Waals surface area contributed by atoms with E-state index in [9.17, 15) is 0 Å². The molecule has 0 amide bonds. The van der Waals surface area contributed by atoms with E-state index in [0.717, 1.165) is 17.4 Å². The SMILES string of the molecule is C=Cc1ccc(B(CCN)c2ccc(C=C)cc2)cc1. The minimum absolute atomic E-state index is 0.345. The van der Waals surface area contributed by atoms with Crippen molar-refractivity contribution in [1.29, 1.82) is 0 Å². The van der Waals surface area contributed by atoms with Crippen LogP contribution in [-0.2, 0) is 0 Å². The monoisotopic (exact) mass is 261 g/mol. The van der Waals surface area contributed by atoms with Gasteiger partial charge >= 0.3 is 0 Å². The molecule has 0 atom stereocenters. The maximum Gasteiger partial charge on any atom is 0.210 e. The Morgan fingerprint density at radius 2 is 1.20 bits per heavy atom. The van der Waals surface area contributed by atoms with E-state index in [1.165, 1.54) is 10.9 Å². The molecule has 0 aliphatic carbocycles. The first-order valence-electron chi connectivity index (χ1n) is 6.93. The van der Waals surface area contributed by atoms with Gasteiger partial charge in [-0.25, -0.2) is 0 Å². The van der Waals surface area contributed by atoms with E-state index in [1.54, 1.807) is 0 Å².